The Kier molecular flexibility index (Phi) is 9.57. The van der Waals surface area contributed by atoms with E-state index in [0.717, 1.165) is 48.1 Å². The minimum Gasteiger partial charge on any atom is -0.462 e. The molecular formula is C27H33N5O4S2. The van der Waals surface area contributed by atoms with Crippen molar-refractivity contribution in [2.24, 2.45) is 7.05 Å². The van der Waals surface area contributed by atoms with E-state index in [2.05, 4.69) is 20.8 Å². The van der Waals surface area contributed by atoms with Crippen molar-refractivity contribution in [2.75, 3.05) is 11.9 Å². The lowest BCUT2D eigenvalue weighted by atomic mass is 10.1. The van der Waals surface area contributed by atoms with Crippen molar-refractivity contribution in [1.82, 2.24) is 20.1 Å². The van der Waals surface area contributed by atoms with Gasteiger partial charge < -0.3 is 19.9 Å². The monoisotopic (exact) mass is 555 g/mol. The van der Waals surface area contributed by atoms with E-state index >= 15 is 0 Å². The summed E-state index contributed by atoms with van der Waals surface area (Å²) in [4.78, 5) is 39.4. The highest BCUT2D eigenvalue weighted by Gasteiger charge is 2.28. The molecule has 202 valence electrons. The van der Waals surface area contributed by atoms with E-state index in [-0.39, 0.29) is 37.4 Å². The second-order valence-corrected chi connectivity index (χ2v) is 11.5. The highest BCUT2D eigenvalue weighted by molar-refractivity contribution is 8.00. The fraction of sp³-hybridized carbons (Fsp3) is 0.444. The third-order valence-electron chi connectivity index (χ3n) is 6.37. The van der Waals surface area contributed by atoms with E-state index in [1.165, 1.54) is 23.1 Å². The average Bonchev–Trinajstić information content (AvgIpc) is 3.32. The highest BCUT2D eigenvalue weighted by Crippen LogP contribution is 2.38. The van der Waals surface area contributed by atoms with Gasteiger partial charge in [-0.3, -0.25) is 9.59 Å². The van der Waals surface area contributed by atoms with Gasteiger partial charge in [0.1, 0.15) is 5.00 Å². The number of nitrogens with zero attached hydrogens (tertiary/aromatic N) is 3. The molecule has 0 unspecified atom stereocenters. The molecule has 0 fully saturated rings. The second-order valence-electron chi connectivity index (χ2n) is 9.14. The van der Waals surface area contributed by atoms with Gasteiger partial charge in [-0.2, -0.15) is 0 Å². The Morgan fingerprint density at radius 2 is 1.89 bits per heavy atom. The van der Waals surface area contributed by atoms with E-state index < -0.39 is 5.25 Å². The predicted octanol–water partition coefficient (Wildman–Crippen LogP) is 4.30. The number of carbonyl (C=O) groups excluding carboxylic acids is 3. The van der Waals surface area contributed by atoms with Gasteiger partial charge >= 0.3 is 5.97 Å². The van der Waals surface area contributed by atoms with Crippen LogP contribution >= 0.6 is 23.1 Å². The van der Waals surface area contributed by atoms with Crippen LogP contribution in [0.1, 0.15) is 65.3 Å². The number of hydrogen-bond donors (Lipinski definition) is 2. The van der Waals surface area contributed by atoms with Crippen LogP contribution in [0.25, 0.3) is 0 Å². The summed E-state index contributed by atoms with van der Waals surface area (Å²) in [7, 11) is 1.81. The number of thiophene rings is 1. The van der Waals surface area contributed by atoms with Gasteiger partial charge in [-0.1, -0.05) is 48.5 Å². The first-order valence-corrected chi connectivity index (χ1v) is 14.5. The van der Waals surface area contributed by atoms with E-state index in [0.29, 0.717) is 21.5 Å². The molecule has 11 heteroatoms. The number of esters is 1. The first-order chi connectivity index (χ1) is 18.4. The number of hydrogen-bond acceptors (Lipinski definition) is 8. The summed E-state index contributed by atoms with van der Waals surface area (Å²) in [6, 6.07) is 9.53. The number of thioether (sulfide) groups is 1. The summed E-state index contributed by atoms with van der Waals surface area (Å²) < 4.78 is 7.10. The number of anilines is 1. The van der Waals surface area contributed by atoms with E-state index in [4.69, 9.17) is 4.74 Å². The van der Waals surface area contributed by atoms with Gasteiger partial charge in [-0.15, -0.1) is 21.5 Å². The SMILES string of the molecule is CCOC(=O)c1c(NC(=O)[C@@H](C)Sc2nnc(CNC(=O)Cc3ccccc3)n2C)sc2c1CCCCC2. The summed E-state index contributed by atoms with van der Waals surface area (Å²) in [6.07, 6.45) is 5.26. The number of benzene rings is 1. The molecule has 1 aromatic carbocycles. The molecule has 38 heavy (non-hydrogen) atoms. The van der Waals surface area contributed by atoms with Gasteiger partial charge in [0, 0.05) is 11.9 Å². The maximum Gasteiger partial charge on any atom is 0.341 e. The maximum absolute atomic E-state index is 13.1. The topological polar surface area (TPSA) is 115 Å². The largest absolute Gasteiger partial charge is 0.462 e. The normalized spacial score (nSPS) is 13.8. The minimum absolute atomic E-state index is 0.104. The first kappa shape index (κ1) is 27.8. The molecule has 0 bridgehead atoms. The molecule has 0 radical (unpaired) electrons. The van der Waals surface area contributed by atoms with Crippen LogP contribution < -0.4 is 10.6 Å². The average molecular weight is 556 g/mol. The summed E-state index contributed by atoms with van der Waals surface area (Å²) in [6.45, 7) is 4.09. The lowest BCUT2D eigenvalue weighted by Gasteiger charge is -2.12. The summed E-state index contributed by atoms with van der Waals surface area (Å²) in [5.41, 5.74) is 2.47. The lowest BCUT2D eigenvalue weighted by Crippen LogP contribution is -2.26. The molecule has 2 heterocycles. The third kappa shape index (κ3) is 6.82. The Hall–Kier alpha value is -3.18. The fourth-order valence-corrected chi connectivity index (χ4v) is 6.41. The first-order valence-electron chi connectivity index (χ1n) is 12.9. The molecular weight excluding hydrogens is 522 g/mol. The molecule has 2 aromatic heterocycles. The van der Waals surface area contributed by atoms with E-state index in [9.17, 15) is 14.4 Å². The molecule has 0 spiro atoms. The van der Waals surface area contributed by atoms with E-state index in [1.807, 2.05) is 30.3 Å². The number of carbonyl (C=O) groups is 3. The predicted molar refractivity (Wildman–Crippen MR) is 148 cm³/mol. The van der Waals surface area contributed by atoms with Crippen LogP contribution in [0.2, 0.25) is 0 Å². The van der Waals surface area contributed by atoms with Gasteiger partial charge in [0.2, 0.25) is 11.8 Å². The Morgan fingerprint density at radius 3 is 2.66 bits per heavy atom. The number of aryl methyl sites for hydroxylation is 1. The van der Waals surface area contributed by atoms with E-state index in [1.54, 1.807) is 25.5 Å². The Balaban J connectivity index is 1.38. The highest BCUT2D eigenvalue weighted by atomic mass is 32.2. The zero-order chi connectivity index (χ0) is 27.1. The van der Waals surface area contributed by atoms with Gasteiger partial charge in [-0.25, -0.2) is 4.79 Å². The number of fused-ring (bicyclic) bond motifs is 1. The summed E-state index contributed by atoms with van der Waals surface area (Å²) >= 11 is 2.75. The van der Waals surface area contributed by atoms with Crippen LogP contribution in [0, 0.1) is 0 Å². The van der Waals surface area contributed by atoms with Crippen molar-refractivity contribution in [3.8, 4) is 0 Å². The smallest absolute Gasteiger partial charge is 0.341 e. The Labute approximate surface area is 230 Å². The molecule has 3 aromatic rings. The minimum atomic E-state index is -0.490. The van der Waals surface area contributed by atoms with Gasteiger partial charge in [-0.05, 0) is 50.7 Å². The molecule has 4 rings (SSSR count). The number of aromatic nitrogens is 3. The maximum atomic E-state index is 13.1. The van der Waals surface area contributed by atoms with Crippen LogP contribution in [-0.4, -0.2) is 44.4 Å². The van der Waals surface area contributed by atoms with Crippen LogP contribution in [0.4, 0.5) is 5.00 Å². The van der Waals surface area contributed by atoms with Crippen molar-refractivity contribution < 1.29 is 19.1 Å². The van der Waals surface area contributed by atoms with Crippen LogP contribution in [0.5, 0.6) is 0 Å². The molecule has 1 aliphatic carbocycles. The zero-order valence-electron chi connectivity index (χ0n) is 21.9. The van der Waals surface area contributed by atoms with Crippen molar-refractivity contribution in [3.63, 3.8) is 0 Å². The van der Waals surface area contributed by atoms with Crippen molar-refractivity contribution in [3.05, 3.63) is 57.7 Å². The molecule has 1 atom stereocenters. The van der Waals surface area contributed by atoms with Gasteiger partial charge in [0.05, 0.1) is 30.4 Å². The van der Waals surface area contributed by atoms with Crippen molar-refractivity contribution >= 4 is 45.9 Å². The third-order valence-corrected chi connectivity index (χ3v) is 8.71. The van der Waals surface area contributed by atoms with Crippen LogP contribution in [0.15, 0.2) is 35.5 Å². The Morgan fingerprint density at radius 1 is 1.13 bits per heavy atom. The van der Waals surface area contributed by atoms with Crippen LogP contribution in [-0.2, 0) is 47.2 Å². The van der Waals surface area contributed by atoms with Crippen molar-refractivity contribution in [1.29, 1.82) is 0 Å². The fourth-order valence-electron chi connectivity index (χ4n) is 4.30. The molecule has 2 amide bonds. The second kappa shape index (κ2) is 13.1. The molecule has 0 aliphatic heterocycles. The number of ether oxygens (including phenoxy) is 1. The van der Waals surface area contributed by atoms with Gasteiger partial charge in [0.25, 0.3) is 0 Å². The standard InChI is InChI=1S/C27H33N5O4S2/c1-4-36-26(35)23-19-13-9-6-10-14-20(19)38-25(23)29-24(34)17(2)37-27-31-30-21(32(27)3)16-28-22(33)15-18-11-7-5-8-12-18/h5,7-8,11-12,17H,4,6,9-10,13-16H2,1-3H3,(H,28,33)(H,29,34)/t17-/m1/s1. The number of nitrogens with one attached hydrogen (secondary N) is 2. The summed E-state index contributed by atoms with van der Waals surface area (Å²) in [5, 5.41) is 14.9. The molecule has 0 saturated heterocycles. The molecule has 0 saturated carbocycles. The van der Waals surface area contributed by atoms with Gasteiger partial charge in [0.15, 0.2) is 11.0 Å². The quantitative estimate of drug-likeness (QED) is 0.218. The number of amides is 2. The zero-order valence-corrected chi connectivity index (χ0v) is 23.5. The summed E-state index contributed by atoms with van der Waals surface area (Å²) in [5.74, 6) is -0.117. The molecule has 9 nitrogen and oxygen atoms in total. The number of rotatable bonds is 10. The Bertz CT molecular complexity index is 1290. The van der Waals surface area contributed by atoms with Crippen LogP contribution in [0.3, 0.4) is 0 Å². The van der Waals surface area contributed by atoms with Crippen molar-refractivity contribution in [2.45, 2.75) is 69.3 Å². The molecule has 2 N–H and O–H groups in total. The molecule has 1 aliphatic rings. The lowest BCUT2D eigenvalue weighted by molar-refractivity contribution is -0.120.